The van der Waals surface area contributed by atoms with Crippen LogP contribution in [-0.2, 0) is 10.8 Å². The van der Waals surface area contributed by atoms with Crippen LogP contribution in [0.2, 0.25) is 0 Å². The van der Waals surface area contributed by atoms with E-state index in [0.717, 1.165) is 29.1 Å². The van der Waals surface area contributed by atoms with Gasteiger partial charge in [-0.05, 0) is 18.1 Å². The van der Waals surface area contributed by atoms with Crippen molar-refractivity contribution in [2.75, 3.05) is 13.2 Å². The Kier molecular flexibility index (Phi) is 3.03. The standard InChI is InChI=1S/C13H17NO3S/c1-2-11-13(14)8-6-9-10(7-12(8)18(11)15)17-5-3-4-16-9/h6-7,11,13H,2-5,14H2,1H3. The lowest BCUT2D eigenvalue weighted by Crippen LogP contribution is -2.22. The van der Waals surface area contributed by atoms with Crippen molar-refractivity contribution in [1.82, 2.24) is 0 Å². The maximum Gasteiger partial charge on any atom is 0.162 e. The van der Waals surface area contributed by atoms with E-state index < -0.39 is 10.8 Å². The van der Waals surface area contributed by atoms with Crippen molar-refractivity contribution < 1.29 is 13.7 Å². The first-order chi connectivity index (χ1) is 8.72. The molecule has 98 valence electrons. The number of hydrogen-bond acceptors (Lipinski definition) is 4. The Morgan fingerprint density at radius 3 is 2.67 bits per heavy atom. The summed E-state index contributed by atoms with van der Waals surface area (Å²) in [6, 6.07) is 3.60. The van der Waals surface area contributed by atoms with Crippen LogP contribution in [-0.4, -0.2) is 22.7 Å². The zero-order chi connectivity index (χ0) is 12.7. The van der Waals surface area contributed by atoms with Crippen molar-refractivity contribution in [3.8, 4) is 11.5 Å². The van der Waals surface area contributed by atoms with Gasteiger partial charge in [0.25, 0.3) is 0 Å². The van der Waals surface area contributed by atoms with Crippen molar-refractivity contribution in [2.45, 2.75) is 36.0 Å². The van der Waals surface area contributed by atoms with Gasteiger partial charge in [-0.3, -0.25) is 4.21 Å². The fraction of sp³-hybridized carbons (Fsp3) is 0.538. The highest BCUT2D eigenvalue weighted by Crippen LogP contribution is 2.43. The summed E-state index contributed by atoms with van der Waals surface area (Å²) in [6.45, 7) is 3.31. The first-order valence-electron chi connectivity index (χ1n) is 6.32. The van der Waals surface area contributed by atoms with Gasteiger partial charge in [0.1, 0.15) is 0 Å². The molecule has 4 nitrogen and oxygen atoms in total. The summed E-state index contributed by atoms with van der Waals surface area (Å²) in [5.74, 6) is 1.43. The number of benzene rings is 1. The van der Waals surface area contributed by atoms with Crippen LogP contribution in [0.1, 0.15) is 31.4 Å². The second kappa shape index (κ2) is 4.55. The van der Waals surface area contributed by atoms with Gasteiger partial charge < -0.3 is 15.2 Å². The first kappa shape index (κ1) is 12.0. The summed E-state index contributed by atoms with van der Waals surface area (Å²) in [5, 5.41) is 0.00559. The van der Waals surface area contributed by atoms with E-state index in [2.05, 4.69) is 0 Å². The molecule has 1 aromatic rings. The molecule has 0 fully saturated rings. The van der Waals surface area contributed by atoms with Crippen LogP contribution < -0.4 is 15.2 Å². The van der Waals surface area contributed by atoms with Crippen molar-refractivity contribution in [1.29, 1.82) is 0 Å². The monoisotopic (exact) mass is 267 g/mol. The Bertz CT molecular complexity index is 503. The van der Waals surface area contributed by atoms with Gasteiger partial charge in [0, 0.05) is 23.4 Å². The molecule has 2 N–H and O–H groups in total. The molecule has 3 atom stereocenters. The molecule has 2 aliphatic rings. The Morgan fingerprint density at radius 1 is 1.33 bits per heavy atom. The third-order valence-electron chi connectivity index (χ3n) is 3.53. The lowest BCUT2D eigenvalue weighted by Gasteiger charge is -2.12. The quantitative estimate of drug-likeness (QED) is 0.842. The topological polar surface area (TPSA) is 61.6 Å². The van der Waals surface area contributed by atoms with E-state index in [-0.39, 0.29) is 11.3 Å². The third kappa shape index (κ3) is 1.73. The first-order valence-corrected chi connectivity index (χ1v) is 7.53. The average molecular weight is 267 g/mol. The predicted molar refractivity (Wildman–Crippen MR) is 69.5 cm³/mol. The second-order valence-corrected chi connectivity index (χ2v) is 6.30. The highest BCUT2D eigenvalue weighted by Gasteiger charge is 2.36. The maximum atomic E-state index is 12.3. The molecule has 0 aliphatic carbocycles. The predicted octanol–water partition coefficient (Wildman–Crippen LogP) is 1.75. The van der Waals surface area contributed by atoms with Gasteiger partial charge in [-0.25, -0.2) is 0 Å². The number of fused-ring (bicyclic) bond motifs is 2. The van der Waals surface area contributed by atoms with Crippen molar-refractivity contribution in [2.24, 2.45) is 5.73 Å². The van der Waals surface area contributed by atoms with Crippen LogP contribution in [0.15, 0.2) is 17.0 Å². The van der Waals surface area contributed by atoms with E-state index in [1.165, 1.54) is 0 Å². The molecule has 3 rings (SSSR count). The zero-order valence-electron chi connectivity index (χ0n) is 10.3. The van der Waals surface area contributed by atoms with Gasteiger partial charge >= 0.3 is 0 Å². The molecule has 1 aromatic carbocycles. The normalized spacial score (nSPS) is 29.8. The molecule has 0 amide bonds. The van der Waals surface area contributed by atoms with Crippen molar-refractivity contribution >= 4 is 10.8 Å². The largest absolute Gasteiger partial charge is 0.490 e. The smallest absolute Gasteiger partial charge is 0.162 e. The second-order valence-electron chi connectivity index (χ2n) is 4.66. The molecular weight excluding hydrogens is 250 g/mol. The Labute approximate surface area is 109 Å². The summed E-state index contributed by atoms with van der Waals surface area (Å²) >= 11 is 0. The van der Waals surface area contributed by atoms with Crippen molar-refractivity contribution in [3.05, 3.63) is 17.7 Å². The molecule has 0 spiro atoms. The number of ether oxygens (including phenoxy) is 2. The summed E-state index contributed by atoms with van der Waals surface area (Å²) < 4.78 is 23.6. The summed E-state index contributed by atoms with van der Waals surface area (Å²) in [5.41, 5.74) is 7.12. The lowest BCUT2D eigenvalue weighted by molar-refractivity contribution is 0.296. The van der Waals surface area contributed by atoms with Crippen molar-refractivity contribution in [3.63, 3.8) is 0 Å². The number of rotatable bonds is 1. The van der Waals surface area contributed by atoms with E-state index >= 15 is 0 Å². The van der Waals surface area contributed by atoms with Crippen LogP contribution in [0, 0.1) is 0 Å². The van der Waals surface area contributed by atoms with E-state index in [0.29, 0.717) is 19.0 Å². The van der Waals surface area contributed by atoms with Gasteiger partial charge in [0.05, 0.1) is 29.3 Å². The lowest BCUT2D eigenvalue weighted by atomic mass is 10.0. The van der Waals surface area contributed by atoms with E-state index in [9.17, 15) is 4.21 Å². The summed E-state index contributed by atoms with van der Waals surface area (Å²) in [4.78, 5) is 0.818. The molecule has 0 saturated heterocycles. The van der Waals surface area contributed by atoms with Gasteiger partial charge in [-0.2, -0.15) is 0 Å². The van der Waals surface area contributed by atoms with Crippen LogP contribution in [0.3, 0.4) is 0 Å². The van der Waals surface area contributed by atoms with E-state index in [4.69, 9.17) is 15.2 Å². The number of hydrogen-bond donors (Lipinski definition) is 1. The fourth-order valence-corrected chi connectivity index (χ4v) is 4.23. The maximum absolute atomic E-state index is 12.3. The molecule has 5 heteroatoms. The Hall–Kier alpha value is -1.07. The van der Waals surface area contributed by atoms with Crippen LogP contribution in [0.25, 0.3) is 0 Å². The molecule has 0 aromatic heterocycles. The minimum atomic E-state index is -1.03. The van der Waals surface area contributed by atoms with Gasteiger partial charge in [-0.15, -0.1) is 0 Å². The SMILES string of the molecule is CCC1C(N)c2cc3c(cc2S1=O)OCCCO3. The highest BCUT2D eigenvalue weighted by molar-refractivity contribution is 7.86. The summed E-state index contributed by atoms with van der Waals surface area (Å²) in [6.07, 6.45) is 1.68. The van der Waals surface area contributed by atoms with Gasteiger partial charge in [0.15, 0.2) is 11.5 Å². The molecule has 3 unspecified atom stereocenters. The molecule has 2 heterocycles. The van der Waals surface area contributed by atoms with Gasteiger partial charge in [-0.1, -0.05) is 6.92 Å². The fourth-order valence-electron chi connectivity index (χ4n) is 2.54. The van der Waals surface area contributed by atoms with Gasteiger partial charge in [0.2, 0.25) is 0 Å². The Morgan fingerprint density at radius 2 is 2.00 bits per heavy atom. The van der Waals surface area contributed by atoms with Crippen LogP contribution in [0.5, 0.6) is 11.5 Å². The third-order valence-corrected chi connectivity index (χ3v) is 5.50. The average Bonchev–Trinajstić information content (AvgIpc) is 2.57. The van der Waals surface area contributed by atoms with E-state index in [1.54, 1.807) is 0 Å². The molecule has 0 radical (unpaired) electrons. The molecule has 18 heavy (non-hydrogen) atoms. The minimum absolute atomic E-state index is 0.00559. The molecular formula is C13H17NO3S. The molecule has 2 aliphatic heterocycles. The molecule has 0 saturated carbocycles. The minimum Gasteiger partial charge on any atom is -0.490 e. The van der Waals surface area contributed by atoms with E-state index in [1.807, 2.05) is 19.1 Å². The van der Waals surface area contributed by atoms with Crippen LogP contribution in [0.4, 0.5) is 0 Å². The van der Waals surface area contributed by atoms with Crippen LogP contribution >= 0.6 is 0 Å². The number of nitrogens with two attached hydrogens (primary N) is 1. The molecule has 0 bridgehead atoms. The highest BCUT2D eigenvalue weighted by atomic mass is 32.2. The Balaban J connectivity index is 2.08. The zero-order valence-corrected chi connectivity index (χ0v) is 11.2. The summed E-state index contributed by atoms with van der Waals surface area (Å²) in [7, 11) is -1.03.